The maximum atomic E-state index is 13.3. The third-order valence-corrected chi connectivity index (χ3v) is 6.93. The molecular formula is C23H31N3O5S. The first kappa shape index (κ1) is 24.0. The molecule has 0 aromatic heterocycles. The summed E-state index contributed by atoms with van der Waals surface area (Å²) in [6.45, 7) is 5.58. The Kier molecular flexibility index (Phi) is 7.76. The maximum absolute atomic E-state index is 13.3. The van der Waals surface area contributed by atoms with Crippen LogP contribution in [-0.2, 0) is 14.8 Å². The van der Waals surface area contributed by atoms with Gasteiger partial charge in [-0.1, -0.05) is 25.1 Å². The number of sulfonamides is 1. The summed E-state index contributed by atoms with van der Waals surface area (Å²) in [7, 11) is -0.442. The fourth-order valence-corrected chi connectivity index (χ4v) is 4.61. The van der Waals surface area contributed by atoms with Gasteiger partial charge in [0.05, 0.1) is 16.6 Å². The average Bonchev–Trinajstić information content (AvgIpc) is 2.79. The van der Waals surface area contributed by atoms with Crippen molar-refractivity contribution in [3.63, 3.8) is 0 Å². The van der Waals surface area contributed by atoms with Crippen LogP contribution in [0.3, 0.4) is 0 Å². The molecule has 0 spiro atoms. The van der Waals surface area contributed by atoms with E-state index in [0.717, 1.165) is 6.54 Å². The number of nitrogens with zero attached hydrogens (tertiary/aromatic N) is 1. The van der Waals surface area contributed by atoms with E-state index in [-0.39, 0.29) is 40.1 Å². The van der Waals surface area contributed by atoms with E-state index in [0.29, 0.717) is 18.9 Å². The molecule has 2 aromatic rings. The summed E-state index contributed by atoms with van der Waals surface area (Å²) in [4.78, 5) is 15.0. The molecule has 2 N–H and O–H groups in total. The third kappa shape index (κ3) is 5.79. The van der Waals surface area contributed by atoms with Gasteiger partial charge in [0.1, 0.15) is 12.4 Å². The molecule has 174 valence electrons. The number of ether oxygens (including phenoxy) is 2. The number of nitrogens with one attached hydrogen (secondary N) is 2. The number of hydrogen-bond acceptors (Lipinski definition) is 6. The molecule has 0 saturated heterocycles. The van der Waals surface area contributed by atoms with Crippen LogP contribution in [0.5, 0.6) is 5.75 Å². The van der Waals surface area contributed by atoms with Crippen LogP contribution in [0.15, 0.2) is 53.4 Å². The number of rotatable bonds is 4. The van der Waals surface area contributed by atoms with Gasteiger partial charge in [-0.05, 0) is 43.2 Å². The summed E-state index contributed by atoms with van der Waals surface area (Å²) < 4.78 is 39.6. The van der Waals surface area contributed by atoms with Crippen LogP contribution in [0.4, 0.5) is 5.69 Å². The fourth-order valence-electron chi connectivity index (χ4n) is 3.54. The lowest BCUT2D eigenvalue weighted by molar-refractivity contribution is 0.0281. The van der Waals surface area contributed by atoms with Crippen LogP contribution >= 0.6 is 0 Å². The number of fused-ring (bicyclic) bond motifs is 1. The molecule has 0 unspecified atom stereocenters. The monoisotopic (exact) mass is 461 g/mol. The molecule has 3 rings (SSSR count). The Morgan fingerprint density at radius 2 is 1.88 bits per heavy atom. The van der Waals surface area contributed by atoms with E-state index in [2.05, 4.69) is 17.0 Å². The second kappa shape index (κ2) is 10.3. The van der Waals surface area contributed by atoms with Gasteiger partial charge in [0.25, 0.3) is 15.9 Å². The Bertz CT molecular complexity index is 1030. The first-order valence-corrected chi connectivity index (χ1v) is 12.1. The highest BCUT2D eigenvalue weighted by molar-refractivity contribution is 7.92. The van der Waals surface area contributed by atoms with E-state index < -0.39 is 10.0 Å². The molecule has 32 heavy (non-hydrogen) atoms. The molecule has 0 radical (unpaired) electrons. The highest BCUT2D eigenvalue weighted by atomic mass is 32.2. The molecule has 0 saturated carbocycles. The highest BCUT2D eigenvalue weighted by Crippen LogP contribution is 2.27. The van der Waals surface area contributed by atoms with Crippen LogP contribution in [0, 0.1) is 5.92 Å². The van der Waals surface area contributed by atoms with Crippen molar-refractivity contribution in [2.24, 2.45) is 5.92 Å². The Balaban J connectivity index is 1.93. The number of amides is 1. The summed E-state index contributed by atoms with van der Waals surface area (Å²) in [5, 5.41) is 3.43. The SMILES string of the molecule is CO[C@@H]1CN(C)C(=O)c2cc(NS(=O)(=O)c3ccccc3)ccc2OC[C@H](C)NC[C@@H]1C. The van der Waals surface area contributed by atoms with E-state index in [4.69, 9.17) is 9.47 Å². The Morgan fingerprint density at radius 1 is 1.16 bits per heavy atom. The molecule has 8 nitrogen and oxygen atoms in total. The highest BCUT2D eigenvalue weighted by Gasteiger charge is 2.26. The largest absolute Gasteiger partial charge is 0.491 e. The molecule has 2 aromatic carbocycles. The number of likely N-dealkylation sites (N-methyl/N-ethyl adjacent to an activating group) is 1. The van der Waals surface area contributed by atoms with Crippen LogP contribution < -0.4 is 14.8 Å². The van der Waals surface area contributed by atoms with Gasteiger partial charge in [0.15, 0.2) is 0 Å². The van der Waals surface area contributed by atoms with Crippen LogP contribution in [0.25, 0.3) is 0 Å². The molecule has 1 amide bonds. The molecule has 0 fully saturated rings. The molecule has 3 atom stereocenters. The van der Waals surface area contributed by atoms with Crippen LogP contribution in [-0.4, -0.2) is 65.2 Å². The zero-order valence-corrected chi connectivity index (χ0v) is 19.7. The Morgan fingerprint density at radius 3 is 2.56 bits per heavy atom. The molecule has 0 bridgehead atoms. The van der Waals surface area contributed by atoms with Crippen molar-refractivity contribution in [3.05, 3.63) is 54.1 Å². The lowest BCUT2D eigenvalue weighted by Crippen LogP contribution is -2.44. The van der Waals surface area contributed by atoms with Crippen molar-refractivity contribution in [1.29, 1.82) is 0 Å². The lowest BCUT2D eigenvalue weighted by Gasteiger charge is -2.30. The van der Waals surface area contributed by atoms with E-state index in [1.165, 1.54) is 18.2 Å². The van der Waals surface area contributed by atoms with Crippen LogP contribution in [0.2, 0.25) is 0 Å². The number of methoxy groups -OCH3 is 1. The zero-order valence-electron chi connectivity index (χ0n) is 18.9. The number of anilines is 1. The van der Waals surface area contributed by atoms with Gasteiger partial charge in [0.2, 0.25) is 0 Å². The lowest BCUT2D eigenvalue weighted by atomic mass is 10.0. The van der Waals surface area contributed by atoms with Crippen molar-refractivity contribution in [2.75, 3.05) is 38.6 Å². The quantitative estimate of drug-likeness (QED) is 0.727. The van der Waals surface area contributed by atoms with Crippen molar-refractivity contribution >= 4 is 21.6 Å². The fraction of sp³-hybridized carbons (Fsp3) is 0.435. The second-order valence-corrected chi connectivity index (χ2v) is 9.87. The summed E-state index contributed by atoms with van der Waals surface area (Å²) in [6.07, 6.45) is -0.146. The standard InChI is InChI=1S/C23H31N3O5S/c1-16-13-24-17(2)15-31-21-11-10-18(25-32(28,29)19-8-6-5-7-9-19)12-20(21)23(27)26(3)14-22(16)30-4/h5-12,16-17,22,24-25H,13-15H2,1-4H3/t16-,17-,22+/m0/s1. The third-order valence-electron chi connectivity index (χ3n) is 5.53. The molecule has 1 aliphatic heterocycles. The van der Waals surface area contributed by atoms with Crippen molar-refractivity contribution < 1.29 is 22.7 Å². The smallest absolute Gasteiger partial charge is 0.261 e. The predicted molar refractivity (Wildman–Crippen MR) is 124 cm³/mol. The number of carbonyl (C=O) groups is 1. The summed E-state index contributed by atoms with van der Waals surface area (Å²) >= 11 is 0. The van der Waals surface area contributed by atoms with Gasteiger partial charge in [-0.25, -0.2) is 8.42 Å². The topological polar surface area (TPSA) is 97.0 Å². The van der Waals surface area contributed by atoms with Gasteiger partial charge in [-0.3, -0.25) is 9.52 Å². The van der Waals surface area contributed by atoms with E-state index in [1.807, 2.05) is 6.92 Å². The van der Waals surface area contributed by atoms with Gasteiger partial charge in [0, 0.05) is 39.0 Å². The molecule has 9 heteroatoms. The number of hydrogen-bond donors (Lipinski definition) is 2. The first-order chi connectivity index (χ1) is 15.2. The van der Waals surface area contributed by atoms with Gasteiger partial charge in [-0.2, -0.15) is 0 Å². The zero-order chi connectivity index (χ0) is 23.3. The maximum Gasteiger partial charge on any atom is 0.261 e. The first-order valence-electron chi connectivity index (χ1n) is 10.6. The number of carbonyl (C=O) groups excluding carboxylic acids is 1. The minimum atomic E-state index is -3.79. The summed E-state index contributed by atoms with van der Waals surface area (Å²) in [5.41, 5.74) is 0.573. The van der Waals surface area contributed by atoms with Crippen molar-refractivity contribution in [1.82, 2.24) is 10.2 Å². The van der Waals surface area contributed by atoms with Gasteiger partial charge < -0.3 is 19.7 Å². The summed E-state index contributed by atoms with van der Waals surface area (Å²) in [6, 6.07) is 12.9. The normalized spacial score (nSPS) is 22.8. The Labute approximate surface area is 190 Å². The molecular weight excluding hydrogens is 430 g/mol. The van der Waals surface area contributed by atoms with Gasteiger partial charge >= 0.3 is 0 Å². The van der Waals surface area contributed by atoms with Crippen molar-refractivity contribution in [2.45, 2.75) is 30.9 Å². The minimum Gasteiger partial charge on any atom is -0.491 e. The minimum absolute atomic E-state index is 0.0614. The van der Waals surface area contributed by atoms with E-state index in [9.17, 15) is 13.2 Å². The van der Waals surface area contributed by atoms with Crippen molar-refractivity contribution in [3.8, 4) is 5.75 Å². The second-order valence-electron chi connectivity index (χ2n) is 8.19. The van der Waals surface area contributed by atoms with E-state index in [1.54, 1.807) is 49.4 Å². The van der Waals surface area contributed by atoms with Crippen LogP contribution in [0.1, 0.15) is 24.2 Å². The van der Waals surface area contributed by atoms with Gasteiger partial charge in [-0.15, -0.1) is 0 Å². The Hall–Kier alpha value is -2.62. The number of benzene rings is 2. The molecule has 0 aliphatic carbocycles. The van der Waals surface area contributed by atoms with E-state index >= 15 is 0 Å². The predicted octanol–water partition coefficient (Wildman–Crippen LogP) is 2.58. The molecule has 1 aliphatic rings. The summed E-state index contributed by atoms with van der Waals surface area (Å²) in [5.74, 6) is 0.317. The average molecular weight is 462 g/mol. The molecule has 1 heterocycles.